The highest BCUT2D eigenvalue weighted by atomic mass is 16.3. The SMILES string of the molecule is C[C@]12CCC(=O)C(C(=O)c3ccccc3)C1CC[C@@H]1[C@H]2CC[C@]2(C)C(CO)CC[C@@H]12. The minimum Gasteiger partial charge on any atom is -0.396 e. The summed E-state index contributed by atoms with van der Waals surface area (Å²) in [5.41, 5.74) is 1.06. The van der Waals surface area contributed by atoms with E-state index in [4.69, 9.17) is 0 Å². The van der Waals surface area contributed by atoms with Gasteiger partial charge in [-0.05, 0) is 85.4 Å². The molecule has 0 aliphatic heterocycles. The van der Waals surface area contributed by atoms with Gasteiger partial charge in [-0.3, -0.25) is 9.59 Å². The molecule has 5 rings (SSSR count). The minimum atomic E-state index is -0.450. The monoisotopic (exact) mass is 408 g/mol. The van der Waals surface area contributed by atoms with Gasteiger partial charge in [0, 0.05) is 18.6 Å². The van der Waals surface area contributed by atoms with Crippen LogP contribution in [0.15, 0.2) is 30.3 Å². The molecule has 0 radical (unpaired) electrons. The Hall–Kier alpha value is -1.48. The first-order valence-corrected chi connectivity index (χ1v) is 12.1. The number of rotatable bonds is 3. The molecule has 4 aliphatic carbocycles. The summed E-state index contributed by atoms with van der Waals surface area (Å²) >= 11 is 0. The van der Waals surface area contributed by atoms with Crippen molar-refractivity contribution in [3.63, 3.8) is 0 Å². The number of aliphatic hydroxyl groups excluding tert-OH is 1. The number of fused-ring (bicyclic) bond motifs is 5. The molecule has 4 aliphatic rings. The molecule has 4 saturated carbocycles. The van der Waals surface area contributed by atoms with Crippen molar-refractivity contribution in [2.24, 2.45) is 46.3 Å². The summed E-state index contributed by atoms with van der Waals surface area (Å²) in [5.74, 6) is 2.43. The quantitative estimate of drug-likeness (QED) is 0.544. The molecular weight excluding hydrogens is 372 g/mol. The lowest BCUT2D eigenvalue weighted by atomic mass is 9.43. The second kappa shape index (κ2) is 7.29. The maximum atomic E-state index is 13.4. The number of carbonyl (C=O) groups excluding carboxylic acids is 2. The van der Waals surface area contributed by atoms with Gasteiger partial charge >= 0.3 is 0 Å². The number of hydrogen-bond acceptors (Lipinski definition) is 3. The Morgan fingerprint density at radius 1 is 0.933 bits per heavy atom. The molecule has 0 amide bonds. The van der Waals surface area contributed by atoms with E-state index < -0.39 is 5.92 Å². The second-order valence-electron chi connectivity index (χ2n) is 11.2. The predicted molar refractivity (Wildman–Crippen MR) is 117 cm³/mol. The van der Waals surface area contributed by atoms with E-state index in [-0.39, 0.29) is 28.3 Å². The van der Waals surface area contributed by atoms with Crippen molar-refractivity contribution in [2.45, 2.75) is 65.2 Å². The zero-order chi connectivity index (χ0) is 21.1. The Morgan fingerprint density at radius 2 is 1.63 bits per heavy atom. The summed E-state index contributed by atoms with van der Waals surface area (Å²) in [6, 6.07) is 9.46. The Kier molecular flexibility index (Phi) is 4.96. The highest BCUT2D eigenvalue weighted by molar-refractivity contribution is 6.11. The molecule has 3 heteroatoms. The van der Waals surface area contributed by atoms with E-state index in [1.54, 1.807) is 0 Å². The molecule has 0 aromatic heterocycles. The topological polar surface area (TPSA) is 54.4 Å². The summed E-state index contributed by atoms with van der Waals surface area (Å²) in [4.78, 5) is 26.5. The molecule has 1 N–H and O–H groups in total. The van der Waals surface area contributed by atoms with Gasteiger partial charge in [0.25, 0.3) is 0 Å². The molecule has 1 aromatic rings. The molecule has 162 valence electrons. The summed E-state index contributed by atoms with van der Waals surface area (Å²) in [7, 11) is 0. The first-order chi connectivity index (χ1) is 14.4. The minimum absolute atomic E-state index is 0.0526. The van der Waals surface area contributed by atoms with E-state index in [1.807, 2.05) is 30.3 Å². The maximum Gasteiger partial charge on any atom is 0.173 e. The molecular formula is C27H36O3. The molecule has 0 saturated heterocycles. The standard InChI is InChI=1S/C27H36O3/c1-26-14-12-21-19(20(26)10-8-18(26)16-28)9-11-22-24(23(29)13-15-27(21,22)2)25(30)17-6-4-3-5-7-17/h3-7,18-22,24,28H,8-16H2,1-2H3/t18?,19-,20-,21+,22?,24?,26+,27+/m0/s1. The van der Waals surface area contributed by atoms with E-state index in [1.165, 1.54) is 19.3 Å². The van der Waals surface area contributed by atoms with Crippen LogP contribution in [0.25, 0.3) is 0 Å². The predicted octanol–water partition coefficient (Wildman–Crippen LogP) is 5.32. The number of ketones is 2. The van der Waals surface area contributed by atoms with Gasteiger partial charge in [-0.2, -0.15) is 0 Å². The largest absolute Gasteiger partial charge is 0.396 e. The summed E-state index contributed by atoms with van der Waals surface area (Å²) in [6.07, 6.45) is 8.45. The maximum absolute atomic E-state index is 13.4. The van der Waals surface area contributed by atoms with Gasteiger partial charge in [0.15, 0.2) is 5.78 Å². The number of carbonyl (C=O) groups is 2. The summed E-state index contributed by atoms with van der Waals surface area (Å²) in [6.45, 7) is 5.17. The molecule has 4 fully saturated rings. The van der Waals surface area contributed by atoms with Gasteiger partial charge < -0.3 is 5.11 Å². The van der Waals surface area contributed by atoms with Gasteiger partial charge in [0.2, 0.25) is 0 Å². The zero-order valence-corrected chi connectivity index (χ0v) is 18.5. The molecule has 3 nitrogen and oxygen atoms in total. The summed E-state index contributed by atoms with van der Waals surface area (Å²) in [5, 5.41) is 9.96. The number of benzene rings is 1. The Morgan fingerprint density at radius 3 is 2.37 bits per heavy atom. The molecule has 8 atom stereocenters. The third-order valence-corrected chi connectivity index (χ3v) is 10.4. The van der Waals surface area contributed by atoms with Crippen LogP contribution < -0.4 is 0 Å². The highest BCUT2D eigenvalue weighted by Gasteiger charge is 2.62. The van der Waals surface area contributed by atoms with Gasteiger partial charge in [-0.1, -0.05) is 44.2 Å². The third kappa shape index (κ3) is 2.80. The average molecular weight is 409 g/mol. The number of aliphatic hydroxyl groups is 1. The van der Waals surface area contributed by atoms with Gasteiger partial charge in [-0.25, -0.2) is 0 Å². The normalized spacial score (nSPS) is 45.4. The van der Waals surface area contributed by atoms with E-state index in [0.717, 1.165) is 25.7 Å². The van der Waals surface area contributed by atoms with Crippen LogP contribution in [0.5, 0.6) is 0 Å². The van der Waals surface area contributed by atoms with Crippen molar-refractivity contribution in [3.05, 3.63) is 35.9 Å². The first kappa shape index (κ1) is 20.4. The first-order valence-electron chi connectivity index (χ1n) is 12.1. The fourth-order valence-electron chi connectivity index (χ4n) is 8.70. The summed E-state index contributed by atoms with van der Waals surface area (Å²) < 4.78 is 0. The Labute approximate surface area is 180 Å². The lowest BCUT2D eigenvalue weighted by molar-refractivity contribution is -0.147. The van der Waals surface area contributed by atoms with Gasteiger partial charge in [0.05, 0.1) is 5.92 Å². The Balaban J connectivity index is 1.45. The van der Waals surface area contributed by atoms with Crippen LogP contribution in [0.3, 0.4) is 0 Å². The van der Waals surface area contributed by atoms with Gasteiger partial charge in [-0.15, -0.1) is 0 Å². The van der Waals surface area contributed by atoms with E-state index in [0.29, 0.717) is 42.3 Å². The average Bonchev–Trinajstić information content (AvgIpc) is 3.10. The molecule has 0 heterocycles. The van der Waals surface area contributed by atoms with Gasteiger partial charge in [0.1, 0.15) is 5.78 Å². The van der Waals surface area contributed by atoms with Crippen LogP contribution in [0.4, 0.5) is 0 Å². The van der Waals surface area contributed by atoms with Crippen molar-refractivity contribution in [3.8, 4) is 0 Å². The van der Waals surface area contributed by atoms with Crippen molar-refractivity contribution in [1.29, 1.82) is 0 Å². The lowest BCUT2D eigenvalue weighted by Gasteiger charge is -2.61. The zero-order valence-electron chi connectivity index (χ0n) is 18.5. The molecule has 1 aromatic carbocycles. The Bertz CT molecular complexity index is 832. The second-order valence-corrected chi connectivity index (χ2v) is 11.2. The van der Waals surface area contributed by atoms with Crippen LogP contribution in [0.1, 0.15) is 75.6 Å². The van der Waals surface area contributed by atoms with Crippen LogP contribution in [0.2, 0.25) is 0 Å². The van der Waals surface area contributed by atoms with E-state index >= 15 is 0 Å². The van der Waals surface area contributed by atoms with E-state index in [9.17, 15) is 14.7 Å². The highest BCUT2D eigenvalue weighted by Crippen LogP contribution is 2.67. The molecule has 0 bridgehead atoms. The van der Waals surface area contributed by atoms with Crippen LogP contribution >= 0.6 is 0 Å². The lowest BCUT2D eigenvalue weighted by Crippen LogP contribution is -2.57. The number of hydrogen-bond donors (Lipinski definition) is 1. The smallest absolute Gasteiger partial charge is 0.173 e. The van der Waals surface area contributed by atoms with Crippen LogP contribution in [-0.4, -0.2) is 23.3 Å². The van der Waals surface area contributed by atoms with Crippen molar-refractivity contribution < 1.29 is 14.7 Å². The fourth-order valence-corrected chi connectivity index (χ4v) is 8.70. The molecule has 3 unspecified atom stereocenters. The molecule has 0 spiro atoms. The van der Waals surface area contributed by atoms with Crippen LogP contribution in [0, 0.1) is 46.3 Å². The van der Waals surface area contributed by atoms with E-state index in [2.05, 4.69) is 13.8 Å². The fraction of sp³-hybridized carbons (Fsp3) is 0.704. The van der Waals surface area contributed by atoms with Crippen molar-refractivity contribution in [1.82, 2.24) is 0 Å². The van der Waals surface area contributed by atoms with Crippen molar-refractivity contribution in [2.75, 3.05) is 6.61 Å². The third-order valence-electron chi connectivity index (χ3n) is 10.4. The number of Topliss-reactive ketones (excluding diaryl/α,β-unsaturated/α-hetero) is 2. The van der Waals surface area contributed by atoms with Crippen molar-refractivity contribution >= 4 is 11.6 Å². The molecule has 30 heavy (non-hydrogen) atoms. The van der Waals surface area contributed by atoms with Crippen LogP contribution in [-0.2, 0) is 4.79 Å².